The van der Waals surface area contributed by atoms with E-state index in [0.717, 1.165) is 15.9 Å². The Hall–Kier alpha value is -3.52. The summed E-state index contributed by atoms with van der Waals surface area (Å²) in [6, 6.07) is 17.4. The van der Waals surface area contributed by atoms with Gasteiger partial charge in [0.15, 0.2) is 10.8 Å². The van der Waals surface area contributed by atoms with Crippen LogP contribution in [0.5, 0.6) is 0 Å². The van der Waals surface area contributed by atoms with E-state index in [2.05, 4.69) is 25.5 Å². The van der Waals surface area contributed by atoms with Crippen LogP contribution in [0, 0.1) is 0 Å². The molecule has 0 aliphatic rings. The molecule has 2 N–H and O–H groups in total. The van der Waals surface area contributed by atoms with Crippen LogP contribution in [-0.2, 0) is 0 Å². The number of benzene rings is 2. The normalized spacial score (nSPS) is 11.2. The van der Waals surface area contributed by atoms with Crippen molar-refractivity contribution in [2.75, 3.05) is 5.32 Å². The number of para-hydroxylation sites is 2. The lowest BCUT2D eigenvalue weighted by Gasteiger charge is -2.04. The van der Waals surface area contributed by atoms with E-state index in [-0.39, 0.29) is 5.56 Å². The zero-order valence-corrected chi connectivity index (χ0v) is 14.2. The Morgan fingerprint density at radius 1 is 1.04 bits per heavy atom. The third kappa shape index (κ3) is 2.35. The van der Waals surface area contributed by atoms with Gasteiger partial charge in [-0.2, -0.15) is 5.10 Å². The molecule has 0 saturated carbocycles. The van der Waals surface area contributed by atoms with Crippen molar-refractivity contribution < 1.29 is 0 Å². The van der Waals surface area contributed by atoms with Gasteiger partial charge in [0.2, 0.25) is 0 Å². The van der Waals surface area contributed by atoms with Crippen LogP contribution in [-0.4, -0.2) is 24.7 Å². The molecule has 3 aromatic heterocycles. The van der Waals surface area contributed by atoms with Crippen molar-refractivity contribution in [3.05, 3.63) is 71.3 Å². The summed E-state index contributed by atoms with van der Waals surface area (Å²) >= 11 is 1.45. The van der Waals surface area contributed by atoms with E-state index < -0.39 is 0 Å². The van der Waals surface area contributed by atoms with E-state index in [0.29, 0.717) is 22.0 Å². The van der Waals surface area contributed by atoms with Gasteiger partial charge in [0.1, 0.15) is 17.5 Å². The smallest absolute Gasteiger partial charge is 0.273 e. The number of aromatic amines is 1. The van der Waals surface area contributed by atoms with Crippen molar-refractivity contribution in [3.63, 3.8) is 0 Å². The molecule has 0 aliphatic carbocycles. The lowest BCUT2D eigenvalue weighted by molar-refractivity contribution is 0.948. The maximum absolute atomic E-state index is 13.1. The minimum atomic E-state index is -0.221. The minimum absolute atomic E-state index is 0.221. The summed E-state index contributed by atoms with van der Waals surface area (Å²) in [5, 5.41) is 11.1. The Kier molecular flexibility index (Phi) is 3.29. The number of aromatic nitrogens is 5. The number of H-pyrrole nitrogens is 1. The number of nitrogens with zero attached hydrogens (tertiary/aromatic N) is 4. The van der Waals surface area contributed by atoms with Gasteiger partial charge in [-0.3, -0.25) is 9.89 Å². The van der Waals surface area contributed by atoms with Gasteiger partial charge in [-0.15, -0.1) is 0 Å². The van der Waals surface area contributed by atoms with Crippen LogP contribution in [0.3, 0.4) is 0 Å². The molecule has 5 aromatic rings. The fourth-order valence-electron chi connectivity index (χ4n) is 2.77. The highest BCUT2D eigenvalue weighted by Crippen LogP contribution is 2.25. The van der Waals surface area contributed by atoms with Crippen LogP contribution in [0.15, 0.2) is 65.7 Å². The van der Waals surface area contributed by atoms with Gasteiger partial charge in [0, 0.05) is 5.69 Å². The summed E-state index contributed by atoms with van der Waals surface area (Å²) in [6.45, 7) is 0. The Morgan fingerprint density at radius 3 is 2.69 bits per heavy atom. The summed E-state index contributed by atoms with van der Waals surface area (Å²) in [6.07, 6.45) is 1.47. The molecule has 0 saturated heterocycles. The molecule has 0 fully saturated rings. The predicted octanol–water partition coefficient (Wildman–Crippen LogP) is 3.46. The monoisotopic (exact) mass is 360 g/mol. The number of anilines is 2. The molecule has 0 atom stereocenters. The van der Waals surface area contributed by atoms with E-state index >= 15 is 0 Å². The minimum Gasteiger partial charge on any atom is -0.340 e. The number of hydrogen-bond donors (Lipinski definition) is 2. The highest BCUT2D eigenvalue weighted by molar-refractivity contribution is 7.20. The molecule has 2 aromatic carbocycles. The molecule has 8 heteroatoms. The first-order chi connectivity index (χ1) is 12.8. The second kappa shape index (κ2) is 5.78. The van der Waals surface area contributed by atoms with E-state index in [1.54, 1.807) is 0 Å². The molecular formula is C18H12N6OS. The van der Waals surface area contributed by atoms with Crippen LogP contribution < -0.4 is 10.9 Å². The first-order valence-corrected chi connectivity index (χ1v) is 8.75. The Balaban J connectivity index is 1.67. The maximum atomic E-state index is 13.1. The molecular weight excluding hydrogens is 348 g/mol. The van der Waals surface area contributed by atoms with Gasteiger partial charge < -0.3 is 5.32 Å². The van der Waals surface area contributed by atoms with Crippen molar-refractivity contribution in [1.82, 2.24) is 24.7 Å². The highest BCUT2D eigenvalue weighted by atomic mass is 32.1. The van der Waals surface area contributed by atoms with Crippen molar-refractivity contribution in [3.8, 4) is 5.13 Å². The number of rotatable bonds is 3. The molecule has 0 amide bonds. The van der Waals surface area contributed by atoms with Gasteiger partial charge in [0.05, 0.1) is 10.2 Å². The van der Waals surface area contributed by atoms with E-state index in [4.69, 9.17) is 0 Å². The Bertz CT molecular complexity index is 1250. The summed E-state index contributed by atoms with van der Waals surface area (Å²) in [5.74, 6) is 0.513. The molecule has 7 nitrogen and oxygen atoms in total. The average molecular weight is 360 g/mol. The van der Waals surface area contributed by atoms with Crippen LogP contribution >= 0.6 is 11.3 Å². The molecule has 126 valence electrons. The first-order valence-electron chi connectivity index (χ1n) is 7.93. The van der Waals surface area contributed by atoms with Crippen molar-refractivity contribution >= 4 is 44.1 Å². The SMILES string of the molecule is O=c1c2c(Nc3ccccc3)[nH]nc2ncn1-c1nc2ccccc2s1. The lowest BCUT2D eigenvalue weighted by Crippen LogP contribution is -2.18. The van der Waals surface area contributed by atoms with E-state index in [1.165, 1.54) is 22.2 Å². The fourth-order valence-corrected chi connectivity index (χ4v) is 3.70. The van der Waals surface area contributed by atoms with Crippen LogP contribution in [0.2, 0.25) is 0 Å². The van der Waals surface area contributed by atoms with E-state index in [9.17, 15) is 4.79 Å². The van der Waals surface area contributed by atoms with Crippen molar-refractivity contribution in [2.24, 2.45) is 0 Å². The second-order valence-corrected chi connectivity index (χ2v) is 6.68. The fraction of sp³-hybridized carbons (Fsp3) is 0. The van der Waals surface area contributed by atoms with E-state index in [1.807, 2.05) is 54.6 Å². The molecule has 0 unspecified atom stereocenters. The molecule has 0 bridgehead atoms. The van der Waals surface area contributed by atoms with Crippen LogP contribution in [0.1, 0.15) is 0 Å². The molecule has 0 spiro atoms. The third-order valence-electron chi connectivity index (χ3n) is 4.01. The van der Waals surface area contributed by atoms with Crippen LogP contribution in [0.25, 0.3) is 26.4 Å². The summed E-state index contributed by atoms with van der Waals surface area (Å²) in [5.41, 5.74) is 1.86. The highest BCUT2D eigenvalue weighted by Gasteiger charge is 2.16. The van der Waals surface area contributed by atoms with Gasteiger partial charge in [-0.05, 0) is 24.3 Å². The third-order valence-corrected chi connectivity index (χ3v) is 5.04. The molecule has 0 radical (unpaired) electrons. The number of hydrogen-bond acceptors (Lipinski definition) is 6. The van der Waals surface area contributed by atoms with Crippen molar-refractivity contribution in [2.45, 2.75) is 0 Å². The molecule has 5 rings (SSSR count). The largest absolute Gasteiger partial charge is 0.340 e. The predicted molar refractivity (Wildman–Crippen MR) is 102 cm³/mol. The lowest BCUT2D eigenvalue weighted by atomic mass is 10.3. The Morgan fingerprint density at radius 2 is 1.85 bits per heavy atom. The molecule has 3 heterocycles. The molecule has 0 aliphatic heterocycles. The summed E-state index contributed by atoms with van der Waals surface area (Å²) in [7, 11) is 0. The first kappa shape index (κ1) is 14.8. The summed E-state index contributed by atoms with van der Waals surface area (Å²) in [4.78, 5) is 21.9. The zero-order chi connectivity index (χ0) is 17.5. The van der Waals surface area contributed by atoms with Gasteiger partial charge in [-0.1, -0.05) is 41.7 Å². The quantitative estimate of drug-likeness (QED) is 0.514. The topological polar surface area (TPSA) is 88.5 Å². The van der Waals surface area contributed by atoms with Gasteiger partial charge in [0.25, 0.3) is 5.56 Å². The number of fused-ring (bicyclic) bond motifs is 2. The Labute approximate surface area is 151 Å². The molecule has 26 heavy (non-hydrogen) atoms. The van der Waals surface area contributed by atoms with Crippen LogP contribution in [0.4, 0.5) is 11.5 Å². The van der Waals surface area contributed by atoms with Gasteiger partial charge >= 0.3 is 0 Å². The number of thiazole rings is 1. The van der Waals surface area contributed by atoms with Crippen molar-refractivity contribution in [1.29, 1.82) is 0 Å². The zero-order valence-electron chi connectivity index (χ0n) is 13.4. The summed E-state index contributed by atoms with van der Waals surface area (Å²) < 4.78 is 2.47. The standard InChI is InChI=1S/C18H12N6OS/c25-17-14-15(22-23-16(14)20-11-6-2-1-3-7-11)19-10-24(17)18-21-12-8-4-5-9-13(12)26-18/h1-10H,(H2,20,22,23). The average Bonchev–Trinajstić information content (AvgIpc) is 3.27. The number of nitrogens with one attached hydrogen (secondary N) is 2. The maximum Gasteiger partial charge on any atom is 0.273 e. The van der Waals surface area contributed by atoms with Gasteiger partial charge in [-0.25, -0.2) is 14.5 Å². The second-order valence-electron chi connectivity index (χ2n) is 5.67.